The van der Waals surface area contributed by atoms with Crippen LogP contribution in [0, 0.1) is 11.8 Å². The van der Waals surface area contributed by atoms with E-state index in [9.17, 15) is 19.2 Å². The largest absolute Gasteiger partial charge is 0.445 e. The van der Waals surface area contributed by atoms with E-state index in [0.717, 1.165) is 16.1 Å². The lowest BCUT2D eigenvalue weighted by molar-refractivity contribution is -0.141. The van der Waals surface area contributed by atoms with E-state index in [1.54, 1.807) is 19.4 Å². The molecule has 0 saturated heterocycles. The minimum atomic E-state index is -0.831. The summed E-state index contributed by atoms with van der Waals surface area (Å²) in [7, 11) is 0. The van der Waals surface area contributed by atoms with Crippen molar-refractivity contribution < 1.29 is 23.9 Å². The van der Waals surface area contributed by atoms with Crippen LogP contribution in [0.3, 0.4) is 0 Å². The number of nitrogens with zero attached hydrogens (tertiary/aromatic N) is 1. The summed E-state index contributed by atoms with van der Waals surface area (Å²) in [6.45, 7) is 4.02. The quantitative estimate of drug-likeness (QED) is 0.618. The molecule has 1 aromatic carbocycles. The van der Waals surface area contributed by atoms with E-state index in [1.165, 1.54) is 11.3 Å². The molecule has 0 radical (unpaired) electrons. The molecule has 0 saturated carbocycles. The number of fused-ring (bicyclic) bond motifs is 1. The van der Waals surface area contributed by atoms with Crippen molar-refractivity contribution in [3.8, 4) is 0 Å². The Bertz CT molecular complexity index is 973. The standard InChI is InChI=1S/C23H27N3O5S/c1-14(2)20(26-23(30)31-12-15-6-4-3-5-7-15)18(27)10-16-11-19-17(25-13-32-19)8-9-24-22(29)21(16)28/h3-7,13-14,16,20H,8-12H2,1-2H3,(H,24,29)(H,26,30). The van der Waals surface area contributed by atoms with Gasteiger partial charge in [-0.05, 0) is 17.9 Å². The lowest BCUT2D eigenvalue weighted by Crippen LogP contribution is -2.46. The summed E-state index contributed by atoms with van der Waals surface area (Å²) in [5, 5.41) is 5.22. The Labute approximate surface area is 190 Å². The van der Waals surface area contributed by atoms with E-state index in [0.29, 0.717) is 13.0 Å². The van der Waals surface area contributed by atoms with Crippen molar-refractivity contribution in [3.05, 3.63) is 52.0 Å². The molecule has 32 heavy (non-hydrogen) atoms. The highest BCUT2D eigenvalue weighted by Crippen LogP contribution is 2.23. The first-order valence-corrected chi connectivity index (χ1v) is 11.5. The lowest BCUT2D eigenvalue weighted by atomic mass is 9.87. The molecule has 1 aliphatic rings. The van der Waals surface area contributed by atoms with Crippen LogP contribution in [0.25, 0.3) is 0 Å². The minimum Gasteiger partial charge on any atom is -0.445 e. The van der Waals surface area contributed by atoms with Crippen LogP contribution in [0.1, 0.15) is 36.4 Å². The molecule has 0 fully saturated rings. The number of aromatic nitrogens is 1. The lowest BCUT2D eigenvalue weighted by Gasteiger charge is -2.23. The summed E-state index contributed by atoms with van der Waals surface area (Å²) < 4.78 is 5.24. The van der Waals surface area contributed by atoms with E-state index in [1.807, 2.05) is 30.3 Å². The van der Waals surface area contributed by atoms with E-state index >= 15 is 0 Å². The number of rotatable bonds is 7. The molecule has 0 bridgehead atoms. The molecule has 2 unspecified atom stereocenters. The van der Waals surface area contributed by atoms with Gasteiger partial charge in [0.05, 0.1) is 17.2 Å². The number of alkyl carbamates (subject to hydrolysis) is 1. The SMILES string of the molecule is CC(C)C(NC(=O)OCc1ccccc1)C(=O)CC1Cc2scnc2CCNC(=O)C1=O. The molecule has 170 valence electrons. The van der Waals surface area contributed by atoms with Gasteiger partial charge in [-0.3, -0.25) is 14.4 Å². The summed E-state index contributed by atoms with van der Waals surface area (Å²) in [6, 6.07) is 8.39. The second kappa shape index (κ2) is 11.0. The first kappa shape index (κ1) is 23.6. The number of hydrogen-bond acceptors (Lipinski definition) is 7. The van der Waals surface area contributed by atoms with Gasteiger partial charge in [0.1, 0.15) is 6.61 Å². The van der Waals surface area contributed by atoms with Crippen LogP contribution in [0.2, 0.25) is 0 Å². The molecule has 2 atom stereocenters. The Balaban J connectivity index is 1.66. The number of ketones is 2. The zero-order chi connectivity index (χ0) is 23.1. The summed E-state index contributed by atoms with van der Waals surface area (Å²) >= 11 is 1.42. The minimum absolute atomic E-state index is 0.0844. The number of thiazole rings is 1. The molecular formula is C23H27N3O5S. The summed E-state index contributed by atoms with van der Waals surface area (Å²) in [6.07, 6.45) is -0.0292. The molecule has 0 aliphatic carbocycles. The van der Waals surface area contributed by atoms with Crippen LogP contribution in [0.4, 0.5) is 4.79 Å². The number of carbonyl (C=O) groups excluding carboxylic acids is 4. The molecular weight excluding hydrogens is 430 g/mol. The van der Waals surface area contributed by atoms with Crippen LogP contribution in [0.5, 0.6) is 0 Å². The van der Waals surface area contributed by atoms with E-state index in [4.69, 9.17) is 4.74 Å². The number of nitrogens with one attached hydrogen (secondary N) is 2. The molecule has 2 aromatic rings. The number of carbonyl (C=O) groups is 4. The Morgan fingerprint density at radius 2 is 2.00 bits per heavy atom. The second-order valence-electron chi connectivity index (χ2n) is 8.09. The second-order valence-corrected chi connectivity index (χ2v) is 9.03. The van der Waals surface area contributed by atoms with Crippen LogP contribution >= 0.6 is 11.3 Å². The topological polar surface area (TPSA) is 114 Å². The van der Waals surface area contributed by atoms with Gasteiger partial charge in [-0.25, -0.2) is 9.78 Å². The highest BCUT2D eigenvalue weighted by Gasteiger charge is 2.34. The number of benzene rings is 1. The van der Waals surface area contributed by atoms with E-state index in [-0.39, 0.29) is 31.1 Å². The number of hydrogen-bond donors (Lipinski definition) is 2. The van der Waals surface area contributed by atoms with Crippen molar-refractivity contribution in [2.45, 2.75) is 45.8 Å². The molecule has 2 amide bonds. The average molecular weight is 458 g/mol. The third-order valence-electron chi connectivity index (χ3n) is 5.35. The summed E-state index contributed by atoms with van der Waals surface area (Å²) in [5.74, 6) is -2.63. The van der Waals surface area contributed by atoms with Gasteiger partial charge in [0.25, 0.3) is 5.91 Å². The number of ether oxygens (including phenoxy) is 1. The fourth-order valence-corrected chi connectivity index (χ4v) is 4.49. The Hall–Kier alpha value is -3.07. The molecule has 2 heterocycles. The van der Waals surface area contributed by atoms with Crippen molar-refractivity contribution >= 4 is 34.9 Å². The predicted molar refractivity (Wildman–Crippen MR) is 119 cm³/mol. The van der Waals surface area contributed by atoms with Crippen LogP contribution in [-0.2, 0) is 38.6 Å². The molecule has 8 nitrogen and oxygen atoms in total. The Morgan fingerprint density at radius 1 is 1.25 bits per heavy atom. The molecule has 3 rings (SSSR count). The Morgan fingerprint density at radius 3 is 2.72 bits per heavy atom. The van der Waals surface area contributed by atoms with E-state index in [2.05, 4.69) is 15.6 Å². The van der Waals surface area contributed by atoms with Crippen LogP contribution in [-0.4, -0.2) is 41.1 Å². The fraction of sp³-hybridized carbons (Fsp3) is 0.435. The number of Topliss-reactive ketones (excluding diaryl/α,β-unsaturated/α-hetero) is 2. The fourth-order valence-electron chi connectivity index (χ4n) is 3.59. The van der Waals surface area contributed by atoms with Gasteiger partial charge in [0.2, 0.25) is 5.78 Å². The molecule has 2 N–H and O–H groups in total. The third-order valence-corrected chi connectivity index (χ3v) is 6.24. The van der Waals surface area contributed by atoms with Gasteiger partial charge in [-0.2, -0.15) is 0 Å². The van der Waals surface area contributed by atoms with Gasteiger partial charge >= 0.3 is 6.09 Å². The summed E-state index contributed by atoms with van der Waals surface area (Å²) in [5.41, 5.74) is 3.38. The van der Waals surface area contributed by atoms with Gasteiger partial charge < -0.3 is 15.4 Å². The zero-order valence-electron chi connectivity index (χ0n) is 18.1. The molecule has 9 heteroatoms. The Kier molecular flexibility index (Phi) is 8.10. The van der Waals surface area contributed by atoms with Crippen molar-refractivity contribution in [2.24, 2.45) is 11.8 Å². The first-order chi connectivity index (χ1) is 15.3. The highest BCUT2D eigenvalue weighted by atomic mass is 32.1. The van der Waals surface area contributed by atoms with E-state index < -0.39 is 29.7 Å². The maximum atomic E-state index is 13.1. The highest BCUT2D eigenvalue weighted by molar-refractivity contribution is 7.09. The first-order valence-electron chi connectivity index (χ1n) is 10.6. The van der Waals surface area contributed by atoms with Crippen LogP contribution < -0.4 is 10.6 Å². The third kappa shape index (κ3) is 6.23. The predicted octanol–water partition coefficient (Wildman–Crippen LogP) is 2.45. The zero-order valence-corrected chi connectivity index (χ0v) is 18.9. The summed E-state index contributed by atoms with van der Waals surface area (Å²) in [4.78, 5) is 55.5. The number of amides is 2. The molecule has 1 aliphatic heterocycles. The maximum absolute atomic E-state index is 13.1. The van der Waals surface area contributed by atoms with Crippen molar-refractivity contribution in [2.75, 3.05) is 6.54 Å². The smallest absolute Gasteiger partial charge is 0.408 e. The normalized spacial score (nSPS) is 17.4. The van der Waals surface area contributed by atoms with Gasteiger partial charge in [-0.15, -0.1) is 11.3 Å². The molecule has 1 aromatic heterocycles. The van der Waals surface area contributed by atoms with Crippen LogP contribution in [0.15, 0.2) is 35.8 Å². The average Bonchev–Trinajstić information content (AvgIpc) is 3.22. The van der Waals surface area contributed by atoms with Gasteiger partial charge in [0.15, 0.2) is 5.78 Å². The van der Waals surface area contributed by atoms with Crippen molar-refractivity contribution in [1.82, 2.24) is 15.6 Å². The monoisotopic (exact) mass is 457 g/mol. The van der Waals surface area contributed by atoms with Gasteiger partial charge in [0, 0.05) is 30.2 Å². The van der Waals surface area contributed by atoms with Gasteiger partial charge in [-0.1, -0.05) is 44.2 Å². The maximum Gasteiger partial charge on any atom is 0.408 e. The van der Waals surface area contributed by atoms with Crippen molar-refractivity contribution in [3.63, 3.8) is 0 Å². The van der Waals surface area contributed by atoms with Crippen molar-refractivity contribution in [1.29, 1.82) is 0 Å². The molecule has 0 spiro atoms.